The van der Waals surface area contributed by atoms with E-state index in [0.717, 1.165) is 18.8 Å². The van der Waals surface area contributed by atoms with Crippen LogP contribution in [0.25, 0.3) is 0 Å². The quantitative estimate of drug-likeness (QED) is 0.391. The molecule has 0 radical (unpaired) electrons. The molecular weight excluding hydrogens is 390 g/mol. The van der Waals surface area contributed by atoms with E-state index in [1.54, 1.807) is 19.1 Å². The predicted octanol–water partition coefficient (Wildman–Crippen LogP) is 2.28. The molecule has 3 rings (SSSR count). The molecule has 0 bridgehead atoms. The molecule has 1 saturated carbocycles. The summed E-state index contributed by atoms with van der Waals surface area (Å²) in [5.74, 6) is -2.69. The summed E-state index contributed by atoms with van der Waals surface area (Å²) in [4.78, 5) is 48.9. The molecule has 1 aromatic carbocycles. The Bertz CT molecular complexity index is 803. The van der Waals surface area contributed by atoms with Crippen LogP contribution in [0.3, 0.4) is 0 Å². The minimum atomic E-state index is -0.723. The highest BCUT2D eigenvalue weighted by atomic mass is 16.6. The summed E-state index contributed by atoms with van der Waals surface area (Å²) in [5.41, 5.74) is 1.71. The number of nitrogens with one attached hydrogen (secondary N) is 1. The molecule has 1 saturated heterocycles. The van der Waals surface area contributed by atoms with Crippen LogP contribution in [0.15, 0.2) is 24.3 Å². The molecule has 9 nitrogen and oxygen atoms in total. The van der Waals surface area contributed by atoms with Crippen molar-refractivity contribution in [2.24, 2.45) is 17.8 Å². The van der Waals surface area contributed by atoms with Crippen molar-refractivity contribution in [1.82, 2.24) is 0 Å². The molecule has 9 heteroatoms. The van der Waals surface area contributed by atoms with E-state index in [1.807, 2.05) is 12.1 Å². The molecule has 30 heavy (non-hydrogen) atoms. The number of nitrogens with zero attached hydrogens (tertiary/aromatic N) is 2. The molecule has 1 aliphatic heterocycles. The first-order valence-corrected chi connectivity index (χ1v) is 10.3. The van der Waals surface area contributed by atoms with Crippen LogP contribution < -0.4 is 10.2 Å². The van der Waals surface area contributed by atoms with Crippen molar-refractivity contribution in [2.75, 3.05) is 36.5 Å². The molecule has 0 unspecified atom stereocenters. The van der Waals surface area contributed by atoms with E-state index >= 15 is 0 Å². The number of esters is 1. The van der Waals surface area contributed by atoms with Crippen LogP contribution in [0.2, 0.25) is 0 Å². The Morgan fingerprint density at radius 3 is 2.53 bits per heavy atom. The van der Waals surface area contributed by atoms with Crippen molar-refractivity contribution in [3.05, 3.63) is 34.4 Å². The summed E-state index contributed by atoms with van der Waals surface area (Å²) in [7, 11) is 0. The third-order valence-corrected chi connectivity index (χ3v) is 5.92. The summed E-state index contributed by atoms with van der Waals surface area (Å²) < 4.78 is 5.00. The molecule has 1 heterocycles. The van der Waals surface area contributed by atoms with Crippen LogP contribution in [0.5, 0.6) is 0 Å². The van der Waals surface area contributed by atoms with Gasteiger partial charge in [-0.05, 0) is 43.0 Å². The topological polar surface area (TPSA) is 119 Å². The third-order valence-electron chi connectivity index (χ3n) is 5.92. The SMILES string of the molecule is C[C@H]1CC(=O)[C@H](CC(=O)OCC(=O)Nc2ccc(N3CCCC3)cc2)[C@@H]1C[N+](=O)[O-]. The van der Waals surface area contributed by atoms with Crippen LogP contribution in [0.4, 0.5) is 11.4 Å². The summed E-state index contributed by atoms with van der Waals surface area (Å²) in [6.45, 7) is 3.03. The average Bonchev–Trinajstić information content (AvgIpc) is 3.31. The van der Waals surface area contributed by atoms with Gasteiger partial charge in [-0.25, -0.2) is 0 Å². The van der Waals surface area contributed by atoms with Crippen LogP contribution in [0, 0.1) is 27.9 Å². The lowest BCUT2D eigenvalue weighted by Gasteiger charge is -2.18. The minimum Gasteiger partial charge on any atom is -0.456 e. The molecule has 1 N–H and O–H groups in total. The standard InChI is InChI=1S/C21H27N3O6/c1-14-10-19(25)17(18(14)12-24(28)29)11-21(27)30-13-20(26)22-15-4-6-16(7-5-15)23-8-2-3-9-23/h4-7,14,17-18H,2-3,8-13H2,1H3,(H,22,26)/t14-,17+,18+/m0/s1. The average molecular weight is 417 g/mol. The molecule has 2 fully saturated rings. The summed E-state index contributed by atoms with van der Waals surface area (Å²) >= 11 is 0. The number of benzene rings is 1. The van der Waals surface area contributed by atoms with Crippen LogP contribution in [-0.2, 0) is 19.1 Å². The van der Waals surface area contributed by atoms with Gasteiger partial charge in [0.2, 0.25) is 6.54 Å². The molecular formula is C21H27N3O6. The number of hydrogen-bond donors (Lipinski definition) is 1. The zero-order valence-corrected chi connectivity index (χ0v) is 17.0. The number of ether oxygens (including phenoxy) is 1. The Hall–Kier alpha value is -2.97. The van der Waals surface area contributed by atoms with Gasteiger partial charge >= 0.3 is 5.97 Å². The normalized spacial score (nSPS) is 23.4. The Kier molecular flexibility index (Phi) is 7.02. The van der Waals surface area contributed by atoms with E-state index in [9.17, 15) is 24.5 Å². The molecule has 1 aromatic rings. The second-order valence-electron chi connectivity index (χ2n) is 8.09. The molecule has 2 aliphatic rings. The molecule has 0 aromatic heterocycles. The van der Waals surface area contributed by atoms with Crippen molar-refractivity contribution in [2.45, 2.75) is 32.6 Å². The Labute approximate surface area is 174 Å². The number of nitro groups is 1. The maximum Gasteiger partial charge on any atom is 0.307 e. The Balaban J connectivity index is 1.45. The van der Waals surface area contributed by atoms with Crippen LogP contribution >= 0.6 is 0 Å². The van der Waals surface area contributed by atoms with Crippen molar-refractivity contribution < 1.29 is 24.0 Å². The first-order valence-electron chi connectivity index (χ1n) is 10.3. The molecule has 1 amide bonds. The molecule has 162 valence electrons. The van der Waals surface area contributed by atoms with Crippen molar-refractivity contribution in [1.29, 1.82) is 0 Å². The number of ketones is 1. The number of anilines is 2. The van der Waals surface area contributed by atoms with Gasteiger partial charge in [-0.15, -0.1) is 0 Å². The number of carbonyl (C=O) groups is 3. The highest BCUT2D eigenvalue weighted by Crippen LogP contribution is 2.36. The first kappa shape index (κ1) is 21.7. The van der Waals surface area contributed by atoms with Crippen molar-refractivity contribution >= 4 is 29.0 Å². The highest BCUT2D eigenvalue weighted by molar-refractivity contribution is 5.93. The highest BCUT2D eigenvalue weighted by Gasteiger charge is 2.44. The zero-order chi connectivity index (χ0) is 21.7. The van der Waals surface area contributed by atoms with E-state index in [4.69, 9.17) is 4.74 Å². The second kappa shape index (κ2) is 9.69. The largest absolute Gasteiger partial charge is 0.456 e. The van der Waals surface area contributed by atoms with Gasteiger partial charge in [-0.2, -0.15) is 0 Å². The fourth-order valence-electron chi connectivity index (χ4n) is 4.31. The van der Waals surface area contributed by atoms with E-state index in [0.29, 0.717) is 5.69 Å². The second-order valence-corrected chi connectivity index (χ2v) is 8.09. The number of rotatable bonds is 8. The maximum atomic E-state index is 12.1. The van der Waals surface area contributed by atoms with Gasteiger partial charge in [0, 0.05) is 47.6 Å². The third kappa shape index (κ3) is 5.55. The Morgan fingerprint density at radius 1 is 1.23 bits per heavy atom. The van der Waals surface area contributed by atoms with E-state index in [-0.39, 0.29) is 31.1 Å². The fraction of sp³-hybridized carbons (Fsp3) is 0.571. The van der Waals surface area contributed by atoms with E-state index < -0.39 is 35.2 Å². The van der Waals surface area contributed by atoms with Crippen LogP contribution in [0.1, 0.15) is 32.6 Å². The lowest BCUT2D eigenvalue weighted by atomic mass is 9.88. The van der Waals surface area contributed by atoms with Crippen molar-refractivity contribution in [3.63, 3.8) is 0 Å². The van der Waals surface area contributed by atoms with Crippen molar-refractivity contribution in [3.8, 4) is 0 Å². The first-order chi connectivity index (χ1) is 14.3. The van der Waals surface area contributed by atoms with E-state index in [1.165, 1.54) is 12.8 Å². The summed E-state index contributed by atoms with van der Waals surface area (Å²) in [6.07, 6.45) is 2.36. The van der Waals surface area contributed by atoms with Gasteiger partial charge in [-0.3, -0.25) is 24.5 Å². The van der Waals surface area contributed by atoms with Gasteiger partial charge in [0.05, 0.1) is 6.42 Å². The lowest BCUT2D eigenvalue weighted by Crippen LogP contribution is -2.28. The number of amides is 1. The number of carbonyl (C=O) groups excluding carboxylic acids is 3. The Morgan fingerprint density at radius 2 is 1.90 bits per heavy atom. The molecule has 0 spiro atoms. The van der Waals surface area contributed by atoms with Gasteiger partial charge in [-0.1, -0.05) is 6.92 Å². The zero-order valence-electron chi connectivity index (χ0n) is 17.0. The van der Waals surface area contributed by atoms with Gasteiger partial charge < -0.3 is 15.0 Å². The molecule has 3 atom stereocenters. The van der Waals surface area contributed by atoms with Gasteiger partial charge in [0.15, 0.2) is 6.61 Å². The fourth-order valence-corrected chi connectivity index (χ4v) is 4.31. The van der Waals surface area contributed by atoms with Gasteiger partial charge in [0.1, 0.15) is 5.78 Å². The predicted molar refractivity (Wildman–Crippen MR) is 110 cm³/mol. The van der Waals surface area contributed by atoms with Gasteiger partial charge in [0.25, 0.3) is 5.91 Å². The molecule has 1 aliphatic carbocycles. The summed E-state index contributed by atoms with van der Waals surface area (Å²) in [5, 5.41) is 13.5. The number of hydrogen-bond acceptors (Lipinski definition) is 7. The monoisotopic (exact) mass is 417 g/mol. The summed E-state index contributed by atoms with van der Waals surface area (Å²) in [6, 6.07) is 7.48. The maximum absolute atomic E-state index is 12.1. The lowest BCUT2D eigenvalue weighted by molar-refractivity contribution is -0.490. The smallest absolute Gasteiger partial charge is 0.307 e. The van der Waals surface area contributed by atoms with E-state index in [2.05, 4.69) is 10.2 Å². The minimum absolute atomic E-state index is 0.146. The number of Topliss-reactive ketones (excluding diaryl/α,β-unsaturated/α-hetero) is 1. The van der Waals surface area contributed by atoms with Crippen LogP contribution in [-0.4, -0.2) is 48.8 Å².